The summed E-state index contributed by atoms with van der Waals surface area (Å²) < 4.78 is 44.2. The molecule has 3 N–H and O–H groups in total. The lowest BCUT2D eigenvalue weighted by Gasteiger charge is -2.24. The molecular formula is C23H22F3N7O2. The molecule has 1 saturated heterocycles. The van der Waals surface area contributed by atoms with Crippen molar-refractivity contribution in [3.63, 3.8) is 0 Å². The lowest BCUT2D eigenvalue weighted by molar-refractivity contribution is -0.137. The van der Waals surface area contributed by atoms with E-state index >= 15 is 0 Å². The van der Waals surface area contributed by atoms with Crippen LogP contribution in [0.15, 0.2) is 52.6 Å². The molecule has 4 aromatic rings. The van der Waals surface area contributed by atoms with Gasteiger partial charge < -0.3 is 20.2 Å². The van der Waals surface area contributed by atoms with E-state index in [9.17, 15) is 22.8 Å². The first kappa shape index (κ1) is 22.8. The van der Waals surface area contributed by atoms with Gasteiger partial charge in [-0.1, -0.05) is 0 Å². The SMILES string of the molecule is Cn1cc(-n2ccc3c(-c4nc(N[C@H]5CCCNC5)ncc4C(F)(F)F)c[nH]c3c2=O)ccc1=O. The van der Waals surface area contributed by atoms with Gasteiger partial charge in [0.25, 0.3) is 5.56 Å². The van der Waals surface area contributed by atoms with Crippen LogP contribution in [0.1, 0.15) is 18.4 Å². The van der Waals surface area contributed by atoms with Crippen molar-refractivity contribution in [2.75, 3.05) is 18.4 Å². The number of aromatic amines is 1. The maximum absolute atomic E-state index is 13.9. The smallest absolute Gasteiger partial charge is 0.356 e. The fourth-order valence-corrected chi connectivity index (χ4v) is 4.26. The Kier molecular flexibility index (Phi) is 5.67. The summed E-state index contributed by atoms with van der Waals surface area (Å²) in [6.07, 6.45) is 2.19. The molecule has 182 valence electrons. The molecule has 0 amide bonds. The van der Waals surface area contributed by atoms with Crippen LogP contribution in [0, 0.1) is 0 Å². The predicted octanol–water partition coefficient (Wildman–Crippen LogP) is 2.66. The Hall–Kier alpha value is -3.93. The lowest BCUT2D eigenvalue weighted by atomic mass is 10.1. The Balaban J connectivity index is 1.61. The molecule has 0 bridgehead atoms. The van der Waals surface area contributed by atoms with Crippen molar-refractivity contribution in [2.24, 2.45) is 7.05 Å². The van der Waals surface area contributed by atoms with E-state index in [1.807, 2.05) is 0 Å². The molecule has 35 heavy (non-hydrogen) atoms. The predicted molar refractivity (Wildman–Crippen MR) is 125 cm³/mol. The Morgan fingerprint density at radius 1 is 1.20 bits per heavy atom. The Morgan fingerprint density at radius 3 is 2.74 bits per heavy atom. The minimum Gasteiger partial charge on any atom is -0.356 e. The number of piperidine rings is 1. The third-order valence-corrected chi connectivity index (χ3v) is 6.07. The lowest BCUT2D eigenvalue weighted by Crippen LogP contribution is -2.38. The van der Waals surface area contributed by atoms with Crippen molar-refractivity contribution in [3.8, 4) is 16.9 Å². The van der Waals surface area contributed by atoms with E-state index in [1.165, 1.54) is 39.9 Å². The van der Waals surface area contributed by atoms with E-state index < -0.39 is 17.3 Å². The van der Waals surface area contributed by atoms with Crippen LogP contribution in [-0.2, 0) is 13.2 Å². The number of aromatic nitrogens is 5. The fraction of sp³-hybridized carbons (Fsp3) is 0.304. The molecular weight excluding hydrogens is 463 g/mol. The van der Waals surface area contributed by atoms with Gasteiger partial charge in [-0.25, -0.2) is 9.97 Å². The molecule has 12 heteroatoms. The normalized spacial score (nSPS) is 16.5. The number of fused-ring (bicyclic) bond motifs is 1. The van der Waals surface area contributed by atoms with E-state index in [0.29, 0.717) is 17.6 Å². The quantitative estimate of drug-likeness (QED) is 0.410. The molecule has 4 aromatic heterocycles. The van der Waals surface area contributed by atoms with Crippen LogP contribution in [0.5, 0.6) is 0 Å². The average Bonchev–Trinajstić information content (AvgIpc) is 3.26. The van der Waals surface area contributed by atoms with E-state index in [4.69, 9.17) is 0 Å². The summed E-state index contributed by atoms with van der Waals surface area (Å²) >= 11 is 0. The number of pyridine rings is 2. The number of anilines is 1. The van der Waals surface area contributed by atoms with Crippen LogP contribution in [0.4, 0.5) is 19.1 Å². The standard InChI is InChI=1S/C23H22F3N7O2/c1-32-12-14(4-5-18(32)34)33-8-6-15-16(10-28-20(15)21(33)35)19-17(23(24,25)26)11-29-22(31-19)30-13-3-2-7-27-9-13/h4-6,8,10-13,27-28H,2-3,7,9H2,1H3,(H,29,30,31)/t13-/m0/s1. The highest BCUT2D eigenvalue weighted by atomic mass is 19.4. The van der Waals surface area contributed by atoms with Crippen molar-refractivity contribution >= 4 is 16.9 Å². The average molecular weight is 485 g/mol. The number of hydrogen-bond donors (Lipinski definition) is 3. The largest absolute Gasteiger partial charge is 0.419 e. The summed E-state index contributed by atoms with van der Waals surface area (Å²) in [5, 5.41) is 6.63. The summed E-state index contributed by atoms with van der Waals surface area (Å²) in [5.74, 6) is 0.0922. The number of nitrogens with zero attached hydrogens (tertiary/aromatic N) is 4. The maximum atomic E-state index is 13.9. The molecule has 0 spiro atoms. The summed E-state index contributed by atoms with van der Waals surface area (Å²) in [4.78, 5) is 35.8. The van der Waals surface area contributed by atoms with Crippen molar-refractivity contribution in [2.45, 2.75) is 25.1 Å². The summed E-state index contributed by atoms with van der Waals surface area (Å²) in [5.41, 5.74) is -1.31. The highest BCUT2D eigenvalue weighted by Gasteiger charge is 2.36. The topological polar surface area (TPSA) is 110 Å². The number of rotatable bonds is 4. The fourth-order valence-electron chi connectivity index (χ4n) is 4.26. The van der Waals surface area contributed by atoms with Crippen LogP contribution < -0.4 is 21.8 Å². The molecule has 0 aromatic carbocycles. The van der Waals surface area contributed by atoms with Gasteiger partial charge in [0.05, 0.1) is 11.4 Å². The van der Waals surface area contributed by atoms with Crippen LogP contribution in [0.2, 0.25) is 0 Å². The van der Waals surface area contributed by atoms with Crippen LogP contribution >= 0.6 is 0 Å². The van der Waals surface area contributed by atoms with Gasteiger partial charge in [-0.15, -0.1) is 0 Å². The van der Waals surface area contributed by atoms with Crippen molar-refractivity contribution in [1.82, 2.24) is 29.4 Å². The van der Waals surface area contributed by atoms with Gasteiger partial charge in [0, 0.05) is 61.4 Å². The Morgan fingerprint density at radius 2 is 2.03 bits per heavy atom. The van der Waals surface area contributed by atoms with Crippen molar-refractivity contribution in [1.29, 1.82) is 0 Å². The van der Waals surface area contributed by atoms with E-state index in [2.05, 4.69) is 25.6 Å². The second-order valence-corrected chi connectivity index (χ2v) is 8.46. The Bertz CT molecular complexity index is 1510. The number of nitrogens with one attached hydrogen (secondary N) is 3. The molecule has 5 heterocycles. The maximum Gasteiger partial charge on any atom is 0.419 e. The van der Waals surface area contributed by atoms with Gasteiger partial charge in [-0.3, -0.25) is 14.2 Å². The first-order chi connectivity index (χ1) is 16.7. The zero-order valence-electron chi connectivity index (χ0n) is 18.7. The highest BCUT2D eigenvalue weighted by Crippen LogP contribution is 2.38. The third-order valence-electron chi connectivity index (χ3n) is 6.07. The number of halogens is 3. The van der Waals surface area contributed by atoms with Crippen molar-refractivity contribution < 1.29 is 13.2 Å². The molecule has 9 nitrogen and oxygen atoms in total. The molecule has 1 aliphatic heterocycles. The summed E-state index contributed by atoms with van der Waals surface area (Å²) in [6, 6.07) is 4.39. The summed E-state index contributed by atoms with van der Waals surface area (Å²) in [6.45, 7) is 1.56. The van der Waals surface area contributed by atoms with Gasteiger partial charge >= 0.3 is 6.18 Å². The molecule has 0 aliphatic carbocycles. The van der Waals surface area contributed by atoms with E-state index in [-0.39, 0.29) is 34.3 Å². The highest BCUT2D eigenvalue weighted by molar-refractivity contribution is 5.95. The number of hydrogen-bond acceptors (Lipinski definition) is 6. The minimum atomic E-state index is -4.69. The van der Waals surface area contributed by atoms with Crippen molar-refractivity contribution in [3.05, 3.63) is 69.3 Å². The molecule has 0 saturated carbocycles. The number of alkyl halides is 3. The van der Waals surface area contributed by atoms with Crippen LogP contribution in [-0.4, -0.2) is 43.2 Å². The van der Waals surface area contributed by atoms with Gasteiger partial charge in [0.1, 0.15) is 11.1 Å². The minimum absolute atomic E-state index is 0.00495. The van der Waals surface area contributed by atoms with Gasteiger partial charge in [-0.2, -0.15) is 13.2 Å². The number of aryl methyl sites for hydroxylation is 1. The zero-order valence-corrected chi connectivity index (χ0v) is 18.7. The Labute approximate surface area is 196 Å². The molecule has 1 atom stereocenters. The second kappa shape index (κ2) is 8.69. The summed E-state index contributed by atoms with van der Waals surface area (Å²) in [7, 11) is 1.56. The van der Waals surface area contributed by atoms with E-state index in [0.717, 1.165) is 25.6 Å². The molecule has 0 radical (unpaired) electrons. The first-order valence-electron chi connectivity index (χ1n) is 11.0. The van der Waals surface area contributed by atoms with Crippen LogP contribution in [0.25, 0.3) is 27.8 Å². The molecule has 5 rings (SSSR count). The third kappa shape index (κ3) is 4.32. The molecule has 1 aliphatic rings. The van der Waals surface area contributed by atoms with Crippen LogP contribution in [0.3, 0.4) is 0 Å². The van der Waals surface area contributed by atoms with Gasteiger partial charge in [0.2, 0.25) is 11.5 Å². The van der Waals surface area contributed by atoms with E-state index in [1.54, 1.807) is 13.1 Å². The molecule has 1 fully saturated rings. The monoisotopic (exact) mass is 485 g/mol. The first-order valence-corrected chi connectivity index (χ1v) is 11.0. The van der Waals surface area contributed by atoms with Gasteiger partial charge in [-0.05, 0) is 31.5 Å². The zero-order chi connectivity index (χ0) is 24.7. The molecule has 0 unspecified atom stereocenters. The van der Waals surface area contributed by atoms with Gasteiger partial charge in [0.15, 0.2) is 0 Å². The number of H-pyrrole nitrogens is 1. The second-order valence-electron chi connectivity index (χ2n) is 8.46.